The summed E-state index contributed by atoms with van der Waals surface area (Å²) in [4.78, 5) is 7.48. The highest BCUT2D eigenvalue weighted by Crippen LogP contribution is 2.25. The first-order chi connectivity index (χ1) is 6.98. The van der Waals surface area contributed by atoms with Crippen molar-refractivity contribution in [1.29, 1.82) is 0 Å². The predicted octanol–water partition coefficient (Wildman–Crippen LogP) is 3.40. The summed E-state index contributed by atoms with van der Waals surface area (Å²) in [6.07, 6.45) is 3.85. The zero-order valence-corrected chi connectivity index (χ0v) is 10.7. The zero-order chi connectivity index (χ0) is 11.1. The molecule has 3 nitrogen and oxygen atoms in total. The predicted molar refractivity (Wildman–Crippen MR) is 64.7 cm³/mol. The van der Waals surface area contributed by atoms with Gasteiger partial charge in [0.15, 0.2) is 5.82 Å². The maximum atomic E-state index is 4.31. The Balaban J connectivity index is 2.50. The van der Waals surface area contributed by atoms with E-state index in [1.807, 2.05) is 6.07 Å². The van der Waals surface area contributed by atoms with Gasteiger partial charge in [-0.3, -0.25) is 0 Å². The lowest BCUT2D eigenvalue weighted by Gasteiger charge is -2.23. The number of nitrogens with one attached hydrogen (secondary N) is 1. The van der Waals surface area contributed by atoms with Crippen LogP contribution in [0.4, 0.5) is 0 Å². The SMILES string of the molecule is CC(C)(C)n1cccc1-c1ncc(Br)[nH]1. The van der Waals surface area contributed by atoms with Crippen LogP contribution in [0.15, 0.2) is 29.1 Å². The quantitative estimate of drug-likeness (QED) is 0.845. The summed E-state index contributed by atoms with van der Waals surface area (Å²) in [6, 6.07) is 4.10. The van der Waals surface area contributed by atoms with Crippen LogP contribution in [-0.4, -0.2) is 14.5 Å². The van der Waals surface area contributed by atoms with E-state index < -0.39 is 0 Å². The maximum absolute atomic E-state index is 4.31. The number of H-pyrrole nitrogens is 1. The van der Waals surface area contributed by atoms with E-state index in [1.54, 1.807) is 6.20 Å². The first-order valence-electron chi connectivity index (χ1n) is 4.87. The van der Waals surface area contributed by atoms with Crippen LogP contribution >= 0.6 is 15.9 Å². The van der Waals surface area contributed by atoms with E-state index in [9.17, 15) is 0 Å². The molecular formula is C11H14BrN3. The molecular weight excluding hydrogens is 254 g/mol. The van der Waals surface area contributed by atoms with Gasteiger partial charge in [0.05, 0.1) is 11.9 Å². The van der Waals surface area contributed by atoms with Crippen LogP contribution in [0.25, 0.3) is 11.5 Å². The van der Waals surface area contributed by atoms with E-state index in [4.69, 9.17) is 0 Å². The topological polar surface area (TPSA) is 33.6 Å². The fourth-order valence-corrected chi connectivity index (χ4v) is 1.88. The number of aromatic amines is 1. The van der Waals surface area contributed by atoms with Gasteiger partial charge in [-0.25, -0.2) is 4.98 Å². The van der Waals surface area contributed by atoms with E-state index in [2.05, 4.69) is 63.5 Å². The van der Waals surface area contributed by atoms with Crippen molar-refractivity contribution in [2.24, 2.45) is 0 Å². The van der Waals surface area contributed by atoms with Crippen molar-refractivity contribution >= 4 is 15.9 Å². The summed E-state index contributed by atoms with van der Waals surface area (Å²) in [6.45, 7) is 6.53. The summed E-state index contributed by atoms with van der Waals surface area (Å²) < 4.78 is 3.11. The van der Waals surface area contributed by atoms with Crippen molar-refractivity contribution in [2.45, 2.75) is 26.3 Å². The summed E-state index contributed by atoms with van der Waals surface area (Å²) in [5.41, 5.74) is 1.17. The molecule has 0 radical (unpaired) electrons. The fourth-order valence-electron chi connectivity index (χ4n) is 1.59. The van der Waals surface area contributed by atoms with Gasteiger partial charge in [-0.2, -0.15) is 0 Å². The third kappa shape index (κ3) is 2.00. The first-order valence-corrected chi connectivity index (χ1v) is 5.66. The highest BCUT2D eigenvalue weighted by atomic mass is 79.9. The molecule has 0 saturated carbocycles. The number of nitrogens with zero attached hydrogens (tertiary/aromatic N) is 2. The number of hydrogen-bond donors (Lipinski definition) is 1. The van der Waals surface area contributed by atoms with Crippen LogP contribution in [0.5, 0.6) is 0 Å². The second-order valence-corrected chi connectivity index (χ2v) is 5.37. The molecule has 2 rings (SSSR count). The van der Waals surface area contributed by atoms with Crippen molar-refractivity contribution in [2.75, 3.05) is 0 Å². The van der Waals surface area contributed by atoms with Crippen molar-refractivity contribution in [1.82, 2.24) is 14.5 Å². The van der Waals surface area contributed by atoms with Gasteiger partial charge >= 0.3 is 0 Å². The van der Waals surface area contributed by atoms with Gasteiger partial charge in [-0.05, 0) is 48.8 Å². The number of rotatable bonds is 1. The number of aromatic nitrogens is 3. The van der Waals surface area contributed by atoms with Gasteiger partial charge in [0.2, 0.25) is 0 Å². The standard InChI is InChI=1S/C11H14BrN3/c1-11(2,3)15-6-4-5-8(15)10-13-7-9(12)14-10/h4-7H,1-3H3,(H,13,14). The Morgan fingerprint density at radius 2 is 2.13 bits per heavy atom. The van der Waals surface area contributed by atoms with Crippen LogP contribution in [0, 0.1) is 0 Å². The van der Waals surface area contributed by atoms with Crippen molar-refractivity contribution in [3.8, 4) is 11.5 Å². The Kier molecular flexibility index (Phi) is 2.46. The average molecular weight is 268 g/mol. The lowest BCUT2D eigenvalue weighted by Crippen LogP contribution is -2.21. The number of imidazole rings is 1. The molecule has 2 aromatic rings. The molecule has 0 bridgehead atoms. The third-order valence-electron chi connectivity index (χ3n) is 2.26. The average Bonchev–Trinajstić information content (AvgIpc) is 2.68. The van der Waals surface area contributed by atoms with Crippen molar-refractivity contribution < 1.29 is 0 Å². The molecule has 4 heteroatoms. The van der Waals surface area contributed by atoms with Gasteiger partial charge in [-0.1, -0.05) is 0 Å². The number of halogens is 1. The van der Waals surface area contributed by atoms with Crippen LogP contribution in [-0.2, 0) is 5.54 Å². The minimum atomic E-state index is 0.0676. The second-order valence-electron chi connectivity index (χ2n) is 4.51. The molecule has 0 fully saturated rings. The van der Waals surface area contributed by atoms with Gasteiger partial charge < -0.3 is 9.55 Å². The van der Waals surface area contributed by atoms with Crippen molar-refractivity contribution in [3.05, 3.63) is 29.1 Å². The highest BCUT2D eigenvalue weighted by Gasteiger charge is 2.17. The Hall–Kier alpha value is -1.03. The molecule has 0 unspecified atom stereocenters. The maximum Gasteiger partial charge on any atom is 0.154 e. The Morgan fingerprint density at radius 3 is 2.67 bits per heavy atom. The summed E-state index contributed by atoms with van der Waals surface area (Å²) in [7, 11) is 0. The van der Waals surface area contributed by atoms with E-state index >= 15 is 0 Å². The Bertz CT molecular complexity index is 462. The van der Waals surface area contributed by atoms with Gasteiger partial charge in [0.25, 0.3) is 0 Å². The largest absolute Gasteiger partial charge is 0.340 e. The Morgan fingerprint density at radius 1 is 1.40 bits per heavy atom. The van der Waals surface area contributed by atoms with Crippen LogP contribution in [0.2, 0.25) is 0 Å². The minimum Gasteiger partial charge on any atom is -0.340 e. The fraction of sp³-hybridized carbons (Fsp3) is 0.364. The van der Waals surface area contributed by atoms with Crippen LogP contribution in [0.1, 0.15) is 20.8 Å². The lowest BCUT2D eigenvalue weighted by atomic mass is 10.1. The van der Waals surface area contributed by atoms with E-state index in [-0.39, 0.29) is 5.54 Å². The molecule has 80 valence electrons. The zero-order valence-electron chi connectivity index (χ0n) is 9.08. The molecule has 1 N–H and O–H groups in total. The molecule has 0 aliphatic rings. The first kappa shape index (κ1) is 10.5. The summed E-state index contributed by atoms with van der Waals surface area (Å²) in [5, 5.41) is 0. The monoisotopic (exact) mass is 267 g/mol. The highest BCUT2D eigenvalue weighted by molar-refractivity contribution is 9.10. The Labute approximate surface area is 97.7 Å². The van der Waals surface area contributed by atoms with Gasteiger partial charge in [0.1, 0.15) is 4.60 Å². The molecule has 0 aliphatic carbocycles. The molecule has 0 spiro atoms. The molecule has 0 aromatic carbocycles. The molecule has 0 amide bonds. The van der Waals surface area contributed by atoms with E-state index in [0.717, 1.165) is 16.1 Å². The summed E-state index contributed by atoms with van der Waals surface area (Å²) in [5.74, 6) is 0.891. The molecule has 0 saturated heterocycles. The van der Waals surface area contributed by atoms with Gasteiger partial charge in [0, 0.05) is 11.7 Å². The normalized spacial score (nSPS) is 12.0. The van der Waals surface area contributed by atoms with E-state index in [0.29, 0.717) is 0 Å². The third-order valence-corrected chi connectivity index (χ3v) is 2.66. The lowest BCUT2D eigenvalue weighted by molar-refractivity contribution is 0.402. The molecule has 2 aromatic heterocycles. The molecule has 2 heterocycles. The molecule has 0 atom stereocenters. The number of hydrogen-bond acceptors (Lipinski definition) is 1. The smallest absolute Gasteiger partial charge is 0.154 e. The van der Waals surface area contributed by atoms with Gasteiger partial charge in [-0.15, -0.1) is 0 Å². The molecule has 15 heavy (non-hydrogen) atoms. The van der Waals surface area contributed by atoms with Crippen LogP contribution < -0.4 is 0 Å². The van der Waals surface area contributed by atoms with Crippen LogP contribution in [0.3, 0.4) is 0 Å². The molecule has 0 aliphatic heterocycles. The summed E-state index contributed by atoms with van der Waals surface area (Å²) >= 11 is 3.37. The second kappa shape index (κ2) is 3.52. The van der Waals surface area contributed by atoms with Crippen molar-refractivity contribution in [3.63, 3.8) is 0 Å². The minimum absolute atomic E-state index is 0.0676. The van der Waals surface area contributed by atoms with E-state index in [1.165, 1.54) is 0 Å².